The van der Waals surface area contributed by atoms with E-state index in [2.05, 4.69) is 15.3 Å². The third kappa shape index (κ3) is 3.01. The number of nitrogens with one attached hydrogen (secondary N) is 1. The molecule has 0 aliphatic carbocycles. The smallest absolute Gasteiger partial charge is 0.271 e. The lowest BCUT2D eigenvalue weighted by atomic mass is 10.3. The fraction of sp³-hybridized carbons (Fsp3) is 0.308. The molecule has 1 amide bonds. The van der Waals surface area contributed by atoms with Crippen LogP contribution in [0.15, 0.2) is 30.5 Å². The van der Waals surface area contributed by atoms with Crippen LogP contribution >= 0.6 is 0 Å². The van der Waals surface area contributed by atoms with Crippen LogP contribution < -0.4 is 11.1 Å². The molecule has 94 valence electrons. The second kappa shape index (κ2) is 6.07. The van der Waals surface area contributed by atoms with E-state index in [0.29, 0.717) is 18.8 Å². The number of aromatic nitrogens is 2. The second-order valence-electron chi connectivity index (χ2n) is 4.00. The number of rotatable bonds is 5. The zero-order valence-electron chi connectivity index (χ0n) is 10.1. The van der Waals surface area contributed by atoms with Gasteiger partial charge in [0.2, 0.25) is 0 Å². The first-order valence-corrected chi connectivity index (χ1v) is 6.01. The number of carbonyl (C=O) groups excluding carboxylic acids is 1. The van der Waals surface area contributed by atoms with E-state index >= 15 is 0 Å². The molecule has 1 aromatic carbocycles. The average molecular weight is 244 g/mol. The molecule has 0 saturated heterocycles. The Kier molecular flexibility index (Phi) is 4.20. The summed E-state index contributed by atoms with van der Waals surface area (Å²) in [5, 5.41) is 2.80. The molecule has 1 aromatic heterocycles. The van der Waals surface area contributed by atoms with Crippen molar-refractivity contribution in [3.63, 3.8) is 0 Å². The van der Waals surface area contributed by atoms with Crippen molar-refractivity contribution in [1.29, 1.82) is 0 Å². The fourth-order valence-electron chi connectivity index (χ4n) is 1.63. The van der Waals surface area contributed by atoms with Gasteiger partial charge in [-0.05, 0) is 31.5 Å². The number of benzene rings is 1. The molecule has 0 fully saturated rings. The third-order valence-electron chi connectivity index (χ3n) is 2.60. The minimum absolute atomic E-state index is 0.190. The van der Waals surface area contributed by atoms with Crippen LogP contribution in [0.4, 0.5) is 0 Å². The van der Waals surface area contributed by atoms with E-state index in [1.165, 1.54) is 6.20 Å². The predicted molar refractivity (Wildman–Crippen MR) is 70.2 cm³/mol. The minimum Gasteiger partial charge on any atom is -0.351 e. The molecule has 0 aliphatic rings. The molecule has 0 unspecified atom stereocenters. The molecule has 1 heterocycles. The van der Waals surface area contributed by atoms with Crippen LogP contribution in [-0.2, 0) is 0 Å². The summed E-state index contributed by atoms with van der Waals surface area (Å²) in [6, 6.07) is 7.47. The number of nitrogens with two attached hydrogens (primary N) is 1. The Hall–Kier alpha value is -2.01. The summed E-state index contributed by atoms with van der Waals surface area (Å²) in [5.41, 5.74) is 7.25. The van der Waals surface area contributed by atoms with Gasteiger partial charge >= 0.3 is 0 Å². The van der Waals surface area contributed by atoms with Crippen molar-refractivity contribution >= 4 is 16.9 Å². The van der Waals surface area contributed by atoms with E-state index in [1.807, 2.05) is 24.3 Å². The molecular formula is C13H16N4O. The maximum absolute atomic E-state index is 11.8. The monoisotopic (exact) mass is 244 g/mol. The van der Waals surface area contributed by atoms with E-state index < -0.39 is 0 Å². The van der Waals surface area contributed by atoms with Crippen molar-refractivity contribution in [3.8, 4) is 0 Å². The van der Waals surface area contributed by atoms with Crippen LogP contribution in [0.1, 0.15) is 23.3 Å². The number of amides is 1. The first-order chi connectivity index (χ1) is 8.81. The highest BCUT2D eigenvalue weighted by Gasteiger charge is 2.07. The van der Waals surface area contributed by atoms with Crippen LogP contribution in [0.5, 0.6) is 0 Å². The van der Waals surface area contributed by atoms with Gasteiger partial charge in [0, 0.05) is 6.54 Å². The number of hydrogen-bond donors (Lipinski definition) is 2. The Balaban J connectivity index is 2.04. The number of nitrogens with zero attached hydrogens (tertiary/aromatic N) is 2. The normalized spacial score (nSPS) is 10.5. The molecule has 0 spiro atoms. The van der Waals surface area contributed by atoms with Crippen LogP contribution in [0, 0.1) is 0 Å². The number of para-hydroxylation sites is 2. The van der Waals surface area contributed by atoms with Gasteiger partial charge in [-0.15, -0.1) is 0 Å². The van der Waals surface area contributed by atoms with Gasteiger partial charge < -0.3 is 11.1 Å². The first kappa shape index (κ1) is 12.4. The summed E-state index contributed by atoms with van der Waals surface area (Å²) in [6.45, 7) is 1.26. The van der Waals surface area contributed by atoms with Gasteiger partial charge in [-0.25, -0.2) is 4.98 Å². The first-order valence-electron chi connectivity index (χ1n) is 6.01. The van der Waals surface area contributed by atoms with Crippen molar-refractivity contribution in [2.24, 2.45) is 5.73 Å². The summed E-state index contributed by atoms with van der Waals surface area (Å²) >= 11 is 0. The van der Waals surface area contributed by atoms with Crippen LogP contribution in [0.3, 0.4) is 0 Å². The van der Waals surface area contributed by atoms with Gasteiger partial charge in [0.05, 0.1) is 17.2 Å². The van der Waals surface area contributed by atoms with Crippen LogP contribution in [0.25, 0.3) is 11.0 Å². The molecular weight excluding hydrogens is 228 g/mol. The Morgan fingerprint density at radius 1 is 1.22 bits per heavy atom. The zero-order chi connectivity index (χ0) is 12.8. The lowest BCUT2D eigenvalue weighted by Crippen LogP contribution is -2.25. The molecule has 2 rings (SSSR count). The number of unbranched alkanes of at least 4 members (excludes halogenated alkanes) is 1. The van der Waals surface area contributed by atoms with E-state index in [0.717, 1.165) is 23.9 Å². The number of carbonyl (C=O) groups is 1. The maximum atomic E-state index is 11.8. The Morgan fingerprint density at radius 3 is 2.78 bits per heavy atom. The molecule has 18 heavy (non-hydrogen) atoms. The molecule has 5 heteroatoms. The Morgan fingerprint density at radius 2 is 2.00 bits per heavy atom. The molecule has 0 aliphatic heterocycles. The Labute approximate surface area is 105 Å². The van der Waals surface area contributed by atoms with E-state index in [-0.39, 0.29) is 5.91 Å². The highest BCUT2D eigenvalue weighted by atomic mass is 16.1. The van der Waals surface area contributed by atoms with Gasteiger partial charge in [0.25, 0.3) is 5.91 Å². The summed E-state index contributed by atoms with van der Waals surface area (Å²) in [4.78, 5) is 20.3. The molecule has 0 atom stereocenters. The van der Waals surface area contributed by atoms with Gasteiger partial charge in [0.15, 0.2) is 0 Å². The van der Waals surface area contributed by atoms with Gasteiger partial charge in [0.1, 0.15) is 5.69 Å². The van der Waals surface area contributed by atoms with Gasteiger partial charge in [-0.2, -0.15) is 0 Å². The maximum Gasteiger partial charge on any atom is 0.271 e. The molecule has 2 aromatic rings. The molecule has 5 nitrogen and oxygen atoms in total. The number of fused-ring (bicyclic) bond motifs is 1. The molecule has 0 saturated carbocycles. The van der Waals surface area contributed by atoms with Gasteiger partial charge in [-0.3, -0.25) is 9.78 Å². The van der Waals surface area contributed by atoms with E-state index in [1.54, 1.807) is 0 Å². The second-order valence-corrected chi connectivity index (χ2v) is 4.00. The predicted octanol–water partition coefficient (Wildman–Crippen LogP) is 1.10. The molecule has 0 radical (unpaired) electrons. The molecule has 0 bridgehead atoms. The summed E-state index contributed by atoms with van der Waals surface area (Å²) < 4.78 is 0. The quantitative estimate of drug-likeness (QED) is 0.772. The lowest BCUT2D eigenvalue weighted by molar-refractivity contribution is 0.0948. The van der Waals surface area contributed by atoms with Crippen molar-refractivity contribution < 1.29 is 4.79 Å². The SMILES string of the molecule is NCCCCNC(=O)c1cnc2ccccc2n1. The third-order valence-corrected chi connectivity index (χ3v) is 2.60. The summed E-state index contributed by atoms with van der Waals surface area (Å²) in [6.07, 6.45) is 3.29. The number of hydrogen-bond acceptors (Lipinski definition) is 4. The minimum atomic E-state index is -0.190. The average Bonchev–Trinajstić information content (AvgIpc) is 2.43. The topological polar surface area (TPSA) is 80.9 Å². The summed E-state index contributed by atoms with van der Waals surface area (Å²) in [5.74, 6) is -0.190. The zero-order valence-corrected chi connectivity index (χ0v) is 10.1. The van der Waals surface area contributed by atoms with Crippen molar-refractivity contribution in [2.75, 3.05) is 13.1 Å². The van der Waals surface area contributed by atoms with Crippen molar-refractivity contribution in [2.45, 2.75) is 12.8 Å². The summed E-state index contributed by atoms with van der Waals surface area (Å²) in [7, 11) is 0. The highest BCUT2D eigenvalue weighted by molar-refractivity contribution is 5.93. The van der Waals surface area contributed by atoms with Crippen molar-refractivity contribution in [3.05, 3.63) is 36.2 Å². The standard InChI is InChI=1S/C13H16N4O/c14-7-3-4-8-15-13(18)12-9-16-10-5-1-2-6-11(10)17-12/h1-2,5-6,9H,3-4,7-8,14H2,(H,15,18). The highest BCUT2D eigenvalue weighted by Crippen LogP contribution is 2.08. The van der Waals surface area contributed by atoms with Crippen LogP contribution in [-0.4, -0.2) is 29.0 Å². The Bertz CT molecular complexity index is 541. The van der Waals surface area contributed by atoms with E-state index in [9.17, 15) is 4.79 Å². The lowest BCUT2D eigenvalue weighted by Gasteiger charge is -2.04. The van der Waals surface area contributed by atoms with Crippen molar-refractivity contribution in [1.82, 2.24) is 15.3 Å². The largest absolute Gasteiger partial charge is 0.351 e. The fourth-order valence-corrected chi connectivity index (χ4v) is 1.63. The van der Waals surface area contributed by atoms with E-state index in [4.69, 9.17) is 5.73 Å². The molecule has 3 N–H and O–H groups in total. The van der Waals surface area contributed by atoms with Gasteiger partial charge in [-0.1, -0.05) is 12.1 Å². The van der Waals surface area contributed by atoms with Crippen LogP contribution in [0.2, 0.25) is 0 Å².